The van der Waals surface area contributed by atoms with E-state index in [-0.39, 0.29) is 13.0 Å². The Bertz CT molecular complexity index is 591. The number of carboxylic acid groups (broad SMARTS) is 1. The molecule has 0 radical (unpaired) electrons. The quantitative estimate of drug-likeness (QED) is 0.620. The molecule has 6 heteroatoms. The molecule has 0 spiro atoms. The number of aliphatic hydroxyl groups is 2. The summed E-state index contributed by atoms with van der Waals surface area (Å²) < 4.78 is 11.2. The van der Waals surface area contributed by atoms with Crippen LogP contribution in [0, 0.1) is 0 Å². The molecule has 0 saturated carbocycles. The predicted molar refractivity (Wildman–Crippen MR) is 90.0 cm³/mol. The van der Waals surface area contributed by atoms with E-state index >= 15 is 0 Å². The summed E-state index contributed by atoms with van der Waals surface area (Å²) >= 11 is 0. The highest BCUT2D eigenvalue weighted by Gasteiger charge is 2.68. The van der Waals surface area contributed by atoms with E-state index in [0.29, 0.717) is 6.42 Å². The molecule has 2 saturated heterocycles. The minimum atomic E-state index is -1.75. The van der Waals surface area contributed by atoms with Crippen molar-refractivity contribution in [2.24, 2.45) is 0 Å². The molecule has 0 amide bonds. The number of fused-ring (bicyclic) bond motifs is 2. The van der Waals surface area contributed by atoms with Crippen molar-refractivity contribution in [1.29, 1.82) is 0 Å². The maximum absolute atomic E-state index is 11.5. The van der Waals surface area contributed by atoms with Gasteiger partial charge < -0.3 is 24.8 Å². The van der Waals surface area contributed by atoms with Crippen LogP contribution in [0.25, 0.3) is 0 Å². The van der Waals surface area contributed by atoms with Crippen molar-refractivity contribution in [2.75, 3.05) is 6.61 Å². The van der Waals surface area contributed by atoms with Crippen LogP contribution in [0.3, 0.4) is 0 Å². The van der Waals surface area contributed by atoms with E-state index in [1.54, 1.807) is 0 Å². The second-order valence-corrected chi connectivity index (χ2v) is 7.00. The van der Waals surface area contributed by atoms with Gasteiger partial charge in [-0.1, -0.05) is 43.2 Å². The van der Waals surface area contributed by atoms with Gasteiger partial charge in [-0.3, -0.25) is 0 Å². The van der Waals surface area contributed by atoms with E-state index in [1.807, 2.05) is 18.2 Å². The van der Waals surface area contributed by atoms with Crippen LogP contribution in [0.1, 0.15) is 44.1 Å². The highest BCUT2D eigenvalue weighted by atomic mass is 16.7. The predicted octanol–water partition coefficient (Wildman–Crippen LogP) is 1.87. The second kappa shape index (κ2) is 7.41. The molecule has 6 nitrogen and oxygen atoms in total. The van der Waals surface area contributed by atoms with Gasteiger partial charge in [0.1, 0.15) is 12.2 Å². The molecule has 2 aliphatic heterocycles. The van der Waals surface area contributed by atoms with E-state index < -0.39 is 29.6 Å². The Morgan fingerprint density at radius 2 is 1.80 bits per heavy atom. The number of carbonyl (C=O) groups is 1. The van der Waals surface area contributed by atoms with Crippen molar-refractivity contribution < 1.29 is 29.6 Å². The molecule has 3 N–H and O–H groups in total. The number of unbranched alkanes of at least 4 members (excludes halogenated alkanes) is 3. The van der Waals surface area contributed by atoms with Crippen molar-refractivity contribution >= 4 is 5.97 Å². The first-order chi connectivity index (χ1) is 12.0. The molecule has 25 heavy (non-hydrogen) atoms. The number of hydrogen-bond donors (Lipinski definition) is 3. The third-order valence-electron chi connectivity index (χ3n) is 5.35. The van der Waals surface area contributed by atoms with Crippen LogP contribution in [-0.4, -0.2) is 51.5 Å². The highest BCUT2D eigenvalue weighted by molar-refractivity contribution is 5.79. The molecule has 2 aliphatic rings. The van der Waals surface area contributed by atoms with Crippen LogP contribution in [-0.2, 0) is 20.7 Å². The molecule has 3 rings (SSSR count). The summed E-state index contributed by atoms with van der Waals surface area (Å²) in [5.41, 5.74) is -0.425. The lowest BCUT2D eigenvalue weighted by molar-refractivity contribution is -0.309. The van der Waals surface area contributed by atoms with Gasteiger partial charge in [0.2, 0.25) is 0 Å². The van der Waals surface area contributed by atoms with E-state index in [9.17, 15) is 20.1 Å². The standard InChI is InChI=1S/C19H26O6/c20-15-16(21)19(24-13-12-18(15,25-19)17(22)23)11-7-2-1-4-8-14-9-5-3-6-10-14/h3,5-6,9-10,15-16,20-21H,1-2,4,7-8,11-13H2,(H,22,23)/t15-,16-,18+,19+/m1/s1. The Hall–Kier alpha value is -1.47. The van der Waals surface area contributed by atoms with Gasteiger partial charge in [-0.05, 0) is 24.8 Å². The van der Waals surface area contributed by atoms with E-state index in [4.69, 9.17) is 9.47 Å². The van der Waals surface area contributed by atoms with Gasteiger partial charge in [0, 0.05) is 12.8 Å². The Balaban J connectivity index is 1.47. The Kier molecular flexibility index (Phi) is 5.43. The van der Waals surface area contributed by atoms with Crippen molar-refractivity contribution in [3.8, 4) is 0 Å². The number of benzene rings is 1. The van der Waals surface area contributed by atoms with E-state index in [0.717, 1.165) is 32.1 Å². The molecule has 0 aliphatic carbocycles. The van der Waals surface area contributed by atoms with Crippen LogP contribution in [0.2, 0.25) is 0 Å². The molecule has 1 aromatic rings. The number of rotatable bonds is 8. The molecule has 0 unspecified atom stereocenters. The van der Waals surface area contributed by atoms with Crippen LogP contribution in [0.15, 0.2) is 30.3 Å². The van der Waals surface area contributed by atoms with Crippen molar-refractivity contribution in [3.63, 3.8) is 0 Å². The molecule has 2 fully saturated rings. The zero-order valence-corrected chi connectivity index (χ0v) is 14.3. The minimum absolute atomic E-state index is 0.0411. The topological polar surface area (TPSA) is 96.2 Å². The van der Waals surface area contributed by atoms with E-state index in [1.165, 1.54) is 5.56 Å². The third kappa shape index (κ3) is 3.44. The Labute approximate surface area is 147 Å². The maximum atomic E-state index is 11.5. The van der Waals surface area contributed by atoms with Gasteiger partial charge in [-0.2, -0.15) is 0 Å². The lowest BCUT2D eigenvalue weighted by Gasteiger charge is -2.38. The number of aliphatic hydroxyl groups excluding tert-OH is 2. The average molecular weight is 350 g/mol. The molecular weight excluding hydrogens is 324 g/mol. The second-order valence-electron chi connectivity index (χ2n) is 7.00. The fourth-order valence-corrected chi connectivity index (χ4v) is 3.86. The fourth-order valence-electron chi connectivity index (χ4n) is 3.86. The van der Waals surface area contributed by atoms with Crippen LogP contribution in [0.4, 0.5) is 0 Å². The van der Waals surface area contributed by atoms with Gasteiger partial charge in [-0.25, -0.2) is 4.79 Å². The molecule has 2 bridgehead atoms. The van der Waals surface area contributed by atoms with Crippen molar-refractivity contribution in [2.45, 2.75) is 68.5 Å². The van der Waals surface area contributed by atoms with E-state index in [2.05, 4.69) is 12.1 Å². The molecule has 2 heterocycles. The summed E-state index contributed by atoms with van der Waals surface area (Å²) in [6.07, 6.45) is 2.43. The van der Waals surface area contributed by atoms with Gasteiger partial charge in [0.25, 0.3) is 0 Å². The normalized spacial score (nSPS) is 34.2. The number of aryl methyl sites for hydroxylation is 1. The van der Waals surface area contributed by atoms with Gasteiger partial charge >= 0.3 is 5.97 Å². The largest absolute Gasteiger partial charge is 0.479 e. The number of ether oxygens (including phenoxy) is 2. The fraction of sp³-hybridized carbons (Fsp3) is 0.632. The Morgan fingerprint density at radius 3 is 2.52 bits per heavy atom. The molecule has 4 atom stereocenters. The zero-order chi connectivity index (χ0) is 17.9. The Morgan fingerprint density at radius 1 is 1.08 bits per heavy atom. The molecular formula is C19H26O6. The summed E-state index contributed by atoms with van der Waals surface area (Å²) in [5.74, 6) is -2.64. The summed E-state index contributed by atoms with van der Waals surface area (Å²) in [4.78, 5) is 11.5. The first-order valence-corrected chi connectivity index (χ1v) is 8.98. The summed E-state index contributed by atoms with van der Waals surface area (Å²) in [7, 11) is 0. The van der Waals surface area contributed by atoms with Crippen molar-refractivity contribution in [1.82, 2.24) is 0 Å². The molecule has 1 aromatic carbocycles. The number of carboxylic acids is 1. The SMILES string of the molecule is O=C(O)[C@@]12CCO[C@@](CCCCCCc3ccccc3)(O1)[C@H](O)[C@H]2O. The molecule has 138 valence electrons. The monoisotopic (exact) mass is 350 g/mol. The molecule has 0 aromatic heterocycles. The lowest BCUT2D eigenvalue weighted by Crippen LogP contribution is -2.52. The first-order valence-electron chi connectivity index (χ1n) is 8.98. The summed E-state index contributed by atoms with van der Waals surface area (Å²) in [6.45, 7) is 0.161. The van der Waals surface area contributed by atoms with Crippen molar-refractivity contribution in [3.05, 3.63) is 35.9 Å². The minimum Gasteiger partial charge on any atom is -0.479 e. The highest BCUT2D eigenvalue weighted by Crippen LogP contribution is 2.47. The van der Waals surface area contributed by atoms with Gasteiger partial charge in [0.15, 0.2) is 11.4 Å². The lowest BCUT2D eigenvalue weighted by atomic mass is 9.91. The van der Waals surface area contributed by atoms with Crippen LogP contribution >= 0.6 is 0 Å². The van der Waals surface area contributed by atoms with Crippen LogP contribution < -0.4 is 0 Å². The number of hydrogen-bond acceptors (Lipinski definition) is 5. The summed E-state index contributed by atoms with van der Waals surface area (Å²) in [5, 5.41) is 29.9. The maximum Gasteiger partial charge on any atom is 0.339 e. The van der Waals surface area contributed by atoms with Crippen LogP contribution in [0.5, 0.6) is 0 Å². The summed E-state index contributed by atoms with van der Waals surface area (Å²) in [6, 6.07) is 10.3. The number of aliphatic carboxylic acids is 1. The smallest absolute Gasteiger partial charge is 0.339 e. The first kappa shape index (κ1) is 18.3. The van der Waals surface area contributed by atoms with Gasteiger partial charge in [0.05, 0.1) is 6.61 Å². The zero-order valence-electron chi connectivity index (χ0n) is 14.3. The van der Waals surface area contributed by atoms with Gasteiger partial charge in [-0.15, -0.1) is 0 Å². The average Bonchev–Trinajstić information content (AvgIpc) is 2.78. The third-order valence-corrected chi connectivity index (χ3v) is 5.35.